The second-order valence-electron chi connectivity index (χ2n) is 3.99. The molecule has 18 heavy (non-hydrogen) atoms. The van der Waals surface area contributed by atoms with Gasteiger partial charge < -0.3 is 10.5 Å². The summed E-state index contributed by atoms with van der Waals surface area (Å²) in [6, 6.07) is 4.71. The Hall–Kier alpha value is -1.30. The molecule has 0 saturated heterocycles. The van der Waals surface area contributed by atoms with Crippen molar-refractivity contribution in [3.05, 3.63) is 40.2 Å². The SMILES string of the molecule is COCc1nc(-c2ccc(F)cc2C)sc1CN. The van der Waals surface area contributed by atoms with Gasteiger partial charge in [-0.3, -0.25) is 0 Å². The Kier molecular flexibility index (Phi) is 4.06. The number of nitrogens with two attached hydrogens (primary N) is 1. The minimum atomic E-state index is -0.232. The number of ether oxygens (including phenoxy) is 1. The molecule has 1 heterocycles. The third-order valence-electron chi connectivity index (χ3n) is 2.66. The summed E-state index contributed by atoms with van der Waals surface area (Å²) in [5.74, 6) is -0.232. The highest BCUT2D eigenvalue weighted by molar-refractivity contribution is 7.15. The minimum Gasteiger partial charge on any atom is -0.378 e. The molecule has 2 rings (SSSR count). The lowest BCUT2D eigenvalue weighted by molar-refractivity contribution is 0.181. The molecule has 0 radical (unpaired) electrons. The first-order chi connectivity index (χ1) is 8.65. The molecule has 5 heteroatoms. The summed E-state index contributed by atoms with van der Waals surface area (Å²) in [5, 5.41) is 0.861. The number of hydrogen-bond donors (Lipinski definition) is 1. The van der Waals surface area contributed by atoms with Gasteiger partial charge in [0.2, 0.25) is 0 Å². The highest BCUT2D eigenvalue weighted by Crippen LogP contribution is 2.30. The van der Waals surface area contributed by atoms with Crippen LogP contribution in [0.5, 0.6) is 0 Å². The Morgan fingerprint density at radius 3 is 2.83 bits per heavy atom. The lowest BCUT2D eigenvalue weighted by Crippen LogP contribution is -1.99. The van der Waals surface area contributed by atoms with Gasteiger partial charge in [0.25, 0.3) is 0 Å². The van der Waals surface area contributed by atoms with Crippen molar-refractivity contribution in [3.8, 4) is 10.6 Å². The molecule has 0 amide bonds. The fourth-order valence-electron chi connectivity index (χ4n) is 1.77. The van der Waals surface area contributed by atoms with Crippen LogP contribution in [0.25, 0.3) is 10.6 Å². The predicted molar refractivity (Wildman–Crippen MR) is 70.8 cm³/mol. The van der Waals surface area contributed by atoms with Crippen molar-refractivity contribution in [3.63, 3.8) is 0 Å². The largest absolute Gasteiger partial charge is 0.378 e. The normalized spacial score (nSPS) is 10.9. The van der Waals surface area contributed by atoms with Crippen LogP contribution in [0.2, 0.25) is 0 Å². The molecule has 0 fully saturated rings. The maximum Gasteiger partial charge on any atom is 0.124 e. The van der Waals surface area contributed by atoms with Crippen LogP contribution in [0.15, 0.2) is 18.2 Å². The van der Waals surface area contributed by atoms with Crippen LogP contribution < -0.4 is 5.73 Å². The van der Waals surface area contributed by atoms with Gasteiger partial charge in [0.05, 0.1) is 12.3 Å². The lowest BCUT2D eigenvalue weighted by atomic mass is 10.1. The molecule has 2 aromatic rings. The van der Waals surface area contributed by atoms with Crippen LogP contribution in [-0.4, -0.2) is 12.1 Å². The van der Waals surface area contributed by atoms with Gasteiger partial charge in [-0.1, -0.05) is 0 Å². The summed E-state index contributed by atoms with van der Waals surface area (Å²) in [4.78, 5) is 5.53. The molecule has 0 aliphatic carbocycles. The molecule has 0 saturated carbocycles. The minimum absolute atomic E-state index is 0.232. The first-order valence-electron chi connectivity index (χ1n) is 5.59. The third kappa shape index (κ3) is 2.58. The zero-order valence-electron chi connectivity index (χ0n) is 10.4. The summed E-state index contributed by atoms with van der Waals surface area (Å²) in [6.07, 6.45) is 0. The van der Waals surface area contributed by atoms with Crippen molar-refractivity contribution in [1.82, 2.24) is 4.98 Å². The van der Waals surface area contributed by atoms with Crippen LogP contribution in [0.4, 0.5) is 4.39 Å². The van der Waals surface area contributed by atoms with E-state index in [2.05, 4.69) is 4.98 Å². The molecular weight excluding hydrogens is 251 g/mol. The molecule has 0 aliphatic heterocycles. The summed E-state index contributed by atoms with van der Waals surface area (Å²) < 4.78 is 18.2. The van der Waals surface area contributed by atoms with Crippen molar-refractivity contribution in [1.29, 1.82) is 0 Å². The zero-order chi connectivity index (χ0) is 13.1. The Morgan fingerprint density at radius 1 is 1.44 bits per heavy atom. The number of aromatic nitrogens is 1. The monoisotopic (exact) mass is 266 g/mol. The summed E-state index contributed by atoms with van der Waals surface area (Å²) in [6.45, 7) is 2.76. The number of hydrogen-bond acceptors (Lipinski definition) is 4. The second-order valence-corrected chi connectivity index (χ2v) is 5.07. The molecule has 96 valence electrons. The molecule has 0 atom stereocenters. The number of methoxy groups -OCH3 is 1. The maximum atomic E-state index is 13.1. The van der Waals surface area contributed by atoms with Gasteiger partial charge in [-0.25, -0.2) is 9.37 Å². The predicted octanol–water partition coefficient (Wildman–Crippen LogP) is 2.86. The van der Waals surface area contributed by atoms with Crippen LogP contribution >= 0.6 is 11.3 Å². The number of nitrogens with zero attached hydrogens (tertiary/aromatic N) is 1. The third-order valence-corrected chi connectivity index (χ3v) is 3.82. The van der Waals surface area contributed by atoms with Crippen LogP contribution in [0, 0.1) is 12.7 Å². The second kappa shape index (κ2) is 5.56. The zero-order valence-corrected chi connectivity index (χ0v) is 11.2. The van der Waals surface area contributed by atoms with E-state index in [0.29, 0.717) is 13.2 Å². The summed E-state index contributed by atoms with van der Waals surface area (Å²) in [7, 11) is 1.63. The van der Waals surface area contributed by atoms with Crippen molar-refractivity contribution < 1.29 is 9.13 Å². The van der Waals surface area contributed by atoms with E-state index in [0.717, 1.165) is 26.7 Å². The average molecular weight is 266 g/mol. The fourth-order valence-corrected chi connectivity index (χ4v) is 2.81. The molecule has 0 aliphatic rings. The van der Waals surface area contributed by atoms with Gasteiger partial charge in [0.15, 0.2) is 0 Å². The highest BCUT2D eigenvalue weighted by Gasteiger charge is 2.13. The van der Waals surface area contributed by atoms with Crippen molar-refractivity contribution >= 4 is 11.3 Å². The van der Waals surface area contributed by atoms with Gasteiger partial charge >= 0.3 is 0 Å². The van der Waals surface area contributed by atoms with E-state index in [1.165, 1.54) is 23.5 Å². The van der Waals surface area contributed by atoms with Gasteiger partial charge in [0.1, 0.15) is 10.8 Å². The molecule has 0 unspecified atom stereocenters. The van der Waals surface area contributed by atoms with Gasteiger partial charge in [-0.15, -0.1) is 11.3 Å². The van der Waals surface area contributed by atoms with E-state index in [4.69, 9.17) is 10.5 Å². The first kappa shape index (κ1) is 13.1. The molecule has 1 aromatic heterocycles. The molecular formula is C13H15FN2OS. The summed E-state index contributed by atoms with van der Waals surface area (Å²) >= 11 is 1.53. The van der Waals surface area contributed by atoms with Gasteiger partial charge in [-0.2, -0.15) is 0 Å². The topological polar surface area (TPSA) is 48.1 Å². The van der Waals surface area contributed by atoms with E-state index >= 15 is 0 Å². The molecule has 0 bridgehead atoms. The number of thiazole rings is 1. The van der Waals surface area contributed by atoms with E-state index in [-0.39, 0.29) is 5.82 Å². The van der Waals surface area contributed by atoms with E-state index in [1.807, 2.05) is 6.92 Å². The Bertz CT molecular complexity index is 554. The number of rotatable bonds is 4. The Morgan fingerprint density at radius 2 is 2.22 bits per heavy atom. The van der Waals surface area contributed by atoms with E-state index < -0.39 is 0 Å². The Labute approximate surface area is 109 Å². The van der Waals surface area contributed by atoms with E-state index in [9.17, 15) is 4.39 Å². The lowest BCUT2D eigenvalue weighted by Gasteiger charge is -2.01. The molecule has 2 N–H and O–H groups in total. The van der Waals surface area contributed by atoms with Gasteiger partial charge in [-0.05, 0) is 30.7 Å². The summed E-state index contributed by atoms with van der Waals surface area (Å²) in [5.41, 5.74) is 8.37. The quantitative estimate of drug-likeness (QED) is 0.925. The fraction of sp³-hybridized carbons (Fsp3) is 0.308. The smallest absolute Gasteiger partial charge is 0.124 e. The standard InChI is InChI=1S/C13H15FN2OS/c1-8-5-9(14)3-4-10(8)13-16-11(7-17-2)12(6-15)18-13/h3-5H,6-7,15H2,1-2H3. The highest BCUT2D eigenvalue weighted by atomic mass is 32.1. The molecule has 1 aromatic carbocycles. The number of benzene rings is 1. The molecule has 0 spiro atoms. The van der Waals surface area contributed by atoms with Crippen LogP contribution in [-0.2, 0) is 17.9 Å². The Balaban J connectivity index is 2.44. The molecule has 3 nitrogen and oxygen atoms in total. The van der Waals surface area contributed by atoms with Crippen LogP contribution in [0.1, 0.15) is 16.1 Å². The number of aryl methyl sites for hydroxylation is 1. The van der Waals surface area contributed by atoms with Crippen LogP contribution in [0.3, 0.4) is 0 Å². The number of halogens is 1. The first-order valence-corrected chi connectivity index (χ1v) is 6.41. The van der Waals surface area contributed by atoms with Gasteiger partial charge in [0, 0.05) is 24.1 Å². The van der Waals surface area contributed by atoms with Crippen molar-refractivity contribution in [2.24, 2.45) is 5.73 Å². The van der Waals surface area contributed by atoms with E-state index in [1.54, 1.807) is 13.2 Å². The van der Waals surface area contributed by atoms with Crippen molar-refractivity contribution in [2.75, 3.05) is 7.11 Å². The maximum absolute atomic E-state index is 13.1. The average Bonchev–Trinajstić information content (AvgIpc) is 2.72. The van der Waals surface area contributed by atoms with Crippen molar-refractivity contribution in [2.45, 2.75) is 20.1 Å².